The number of nitrogens with one attached hydrogen (secondary N) is 3. The second kappa shape index (κ2) is 4.65. The van der Waals surface area contributed by atoms with Crippen LogP contribution in [0.25, 0.3) is 0 Å². The number of aliphatic hydroxyl groups is 2. The first kappa shape index (κ1) is 11.7. The van der Waals surface area contributed by atoms with Crippen molar-refractivity contribution in [3.05, 3.63) is 0 Å². The van der Waals surface area contributed by atoms with E-state index >= 15 is 0 Å². The average molecular weight is 189 g/mol. The van der Waals surface area contributed by atoms with Gasteiger partial charge in [0, 0.05) is 0 Å². The van der Waals surface area contributed by atoms with Gasteiger partial charge in [-0.1, -0.05) is 0 Å². The highest BCUT2D eigenvalue weighted by atomic mass is 16.5. The van der Waals surface area contributed by atoms with Crippen molar-refractivity contribution in [2.24, 2.45) is 0 Å². The van der Waals surface area contributed by atoms with Gasteiger partial charge >= 0.3 is 0 Å². The quantitative estimate of drug-likeness (QED) is 0.178. The number of carbonyl (C=O) groups excluding carboxylic acids is 1. The molecule has 1 amide bonds. The first-order valence-electron chi connectivity index (χ1n) is 3.39. The highest BCUT2D eigenvalue weighted by Gasteiger charge is 2.24. The Bertz CT molecular complexity index is 238. The van der Waals surface area contributed by atoms with Gasteiger partial charge in [-0.2, -0.15) is 0 Å². The zero-order valence-electron chi connectivity index (χ0n) is 6.90. The maximum atomic E-state index is 10.6. The van der Waals surface area contributed by atoms with Crippen LogP contribution in [0.2, 0.25) is 0 Å². The zero-order valence-corrected chi connectivity index (χ0v) is 6.90. The minimum absolute atomic E-state index is 0.575. The Morgan fingerprint density at radius 2 is 1.85 bits per heavy atom. The van der Waals surface area contributed by atoms with Gasteiger partial charge in [-0.05, 0) is 6.92 Å². The molecule has 6 N–H and O–H groups in total. The molecule has 0 aromatic heterocycles. The third kappa shape index (κ3) is 2.90. The van der Waals surface area contributed by atoms with Crippen molar-refractivity contribution >= 4 is 17.3 Å². The average Bonchev–Trinajstić information content (AvgIpc) is 2.12. The minimum atomic E-state index is -1.80. The van der Waals surface area contributed by atoms with Crippen LogP contribution in [0.3, 0.4) is 0 Å². The summed E-state index contributed by atoms with van der Waals surface area (Å²) in [6, 6.07) is 0. The van der Waals surface area contributed by atoms with Gasteiger partial charge in [-0.15, -0.1) is 0 Å². The van der Waals surface area contributed by atoms with E-state index in [0.717, 1.165) is 5.48 Å². The molecule has 74 valence electrons. The van der Waals surface area contributed by atoms with Gasteiger partial charge in [0.2, 0.25) is 0 Å². The van der Waals surface area contributed by atoms with Crippen molar-refractivity contribution in [1.82, 2.24) is 5.48 Å². The summed E-state index contributed by atoms with van der Waals surface area (Å²) in [5.41, 5.74) is -0.333. The molecule has 0 aliphatic rings. The Balaban J connectivity index is 4.43. The van der Waals surface area contributed by atoms with Gasteiger partial charge in [0.1, 0.15) is 11.8 Å². The molecule has 0 aliphatic heterocycles. The summed E-state index contributed by atoms with van der Waals surface area (Å²) in [5, 5.41) is 40.0. The number of rotatable bonds is 4. The summed E-state index contributed by atoms with van der Waals surface area (Å²) in [5.74, 6) is -1.21. The molecule has 0 fully saturated rings. The molecule has 0 rings (SSSR count). The van der Waals surface area contributed by atoms with Gasteiger partial charge in [-0.25, -0.2) is 5.48 Å². The number of amides is 1. The van der Waals surface area contributed by atoms with Crippen LogP contribution in [0, 0.1) is 10.8 Å². The third-order valence-electron chi connectivity index (χ3n) is 1.36. The van der Waals surface area contributed by atoms with Crippen LogP contribution < -0.4 is 5.48 Å². The van der Waals surface area contributed by atoms with E-state index in [1.807, 2.05) is 0 Å². The van der Waals surface area contributed by atoms with Crippen LogP contribution in [0.4, 0.5) is 0 Å². The number of hydroxylamine groups is 1. The highest BCUT2D eigenvalue weighted by molar-refractivity contribution is 6.43. The Hall–Kier alpha value is -1.31. The lowest BCUT2D eigenvalue weighted by atomic mass is 10.1. The smallest absolute Gasteiger partial charge is 0.291 e. The standard InChI is InChI=1S/C6H11N3O4/c1-2(10)3(7)5(11)4(8)6(12)9-13/h2,5,7-8,10-11,13H,1H3,(H,9,12). The molecule has 2 unspecified atom stereocenters. The minimum Gasteiger partial charge on any atom is -0.387 e. The van der Waals surface area contributed by atoms with Crippen LogP contribution >= 0.6 is 0 Å². The maximum Gasteiger partial charge on any atom is 0.291 e. The first-order valence-corrected chi connectivity index (χ1v) is 3.39. The van der Waals surface area contributed by atoms with E-state index in [2.05, 4.69) is 0 Å². The molecule has 0 aromatic rings. The number of aliphatic hydroxyl groups excluding tert-OH is 2. The normalized spacial score (nSPS) is 14.5. The van der Waals surface area contributed by atoms with E-state index in [9.17, 15) is 4.79 Å². The molecule has 0 aromatic carbocycles. The molecular weight excluding hydrogens is 178 g/mol. The molecule has 0 bridgehead atoms. The van der Waals surface area contributed by atoms with Gasteiger partial charge in [-0.3, -0.25) is 15.4 Å². The fraction of sp³-hybridized carbons (Fsp3) is 0.500. The van der Waals surface area contributed by atoms with E-state index in [4.69, 9.17) is 26.2 Å². The van der Waals surface area contributed by atoms with Crippen molar-refractivity contribution < 1.29 is 20.2 Å². The van der Waals surface area contributed by atoms with Gasteiger partial charge in [0.05, 0.1) is 11.8 Å². The molecular formula is C6H11N3O4. The Kier molecular flexibility index (Phi) is 4.18. The predicted molar refractivity (Wildman–Crippen MR) is 43.1 cm³/mol. The lowest BCUT2D eigenvalue weighted by Gasteiger charge is -2.13. The van der Waals surface area contributed by atoms with E-state index in [-0.39, 0.29) is 0 Å². The molecule has 7 heteroatoms. The third-order valence-corrected chi connectivity index (χ3v) is 1.36. The Morgan fingerprint density at radius 1 is 1.38 bits per heavy atom. The predicted octanol–water partition coefficient (Wildman–Crippen LogP) is -1.73. The number of hydrogen-bond donors (Lipinski definition) is 6. The summed E-state index contributed by atoms with van der Waals surface area (Å²) >= 11 is 0. The molecule has 7 nitrogen and oxygen atoms in total. The van der Waals surface area contributed by atoms with Crippen molar-refractivity contribution in [3.8, 4) is 0 Å². The topological polar surface area (TPSA) is 137 Å². The monoisotopic (exact) mass is 189 g/mol. The highest BCUT2D eigenvalue weighted by Crippen LogP contribution is 1.95. The lowest BCUT2D eigenvalue weighted by Crippen LogP contribution is -2.43. The van der Waals surface area contributed by atoms with Gasteiger partial charge < -0.3 is 15.6 Å². The summed E-state index contributed by atoms with van der Waals surface area (Å²) in [6.45, 7) is 1.22. The van der Waals surface area contributed by atoms with E-state index in [1.165, 1.54) is 6.92 Å². The largest absolute Gasteiger partial charge is 0.387 e. The van der Waals surface area contributed by atoms with Crippen molar-refractivity contribution in [2.45, 2.75) is 19.1 Å². The zero-order chi connectivity index (χ0) is 10.6. The van der Waals surface area contributed by atoms with Crippen molar-refractivity contribution in [3.63, 3.8) is 0 Å². The van der Waals surface area contributed by atoms with Gasteiger partial charge in [0.15, 0.2) is 0 Å². The summed E-state index contributed by atoms with van der Waals surface area (Å²) in [6.07, 6.45) is -3.05. The maximum absolute atomic E-state index is 10.6. The molecule has 2 atom stereocenters. The van der Waals surface area contributed by atoms with Crippen molar-refractivity contribution in [1.29, 1.82) is 10.8 Å². The van der Waals surface area contributed by atoms with E-state index in [0.29, 0.717) is 0 Å². The second-order valence-electron chi connectivity index (χ2n) is 2.39. The van der Waals surface area contributed by atoms with Crippen LogP contribution in [-0.2, 0) is 4.79 Å². The number of hydrogen-bond acceptors (Lipinski definition) is 6. The molecule has 0 radical (unpaired) electrons. The Labute approximate surface area is 74.0 Å². The molecule has 0 saturated carbocycles. The summed E-state index contributed by atoms with van der Waals surface area (Å²) < 4.78 is 0. The van der Waals surface area contributed by atoms with Gasteiger partial charge in [0.25, 0.3) is 5.91 Å². The van der Waals surface area contributed by atoms with E-state index < -0.39 is 29.5 Å². The Morgan fingerprint density at radius 3 is 2.15 bits per heavy atom. The SMILES string of the molecule is CC(O)C(=N)C(O)C(=N)C(=O)NO. The summed E-state index contributed by atoms with van der Waals surface area (Å²) in [7, 11) is 0. The molecule has 0 spiro atoms. The van der Waals surface area contributed by atoms with E-state index in [1.54, 1.807) is 0 Å². The molecule has 0 heterocycles. The van der Waals surface area contributed by atoms with Crippen LogP contribution in [0.1, 0.15) is 6.92 Å². The van der Waals surface area contributed by atoms with Crippen LogP contribution in [-0.4, -0.2) is 45.0 Å². The fourth-order valence-electron chi connectivity index (χ4n) is 0.568. The van der Waals surface area contributed by atoms with Crippen LogP contribution in [0.5, 0.6) is 0 Å². The number of carbonyl (C=O) groups is 1. The molecule has 0 aliphatic carbocycles. The van der Waals surface area contributed by atoms with Crippen molar-refractivity contribution in [2.75, 3.05) is 0 Å². The lowest BCUT2D eigenvalue weighted by molar-refractivity contribution is -0.122. The molecule has 0 saturated heterocycles. The summed E-state index contributed by atoms with van der Waals surface area (Å²) in [4.78, 5) is 10.6. The first-order chi connectivity index (χ1) is 5.91. The second-order valence-corrected chi connectivity index (χ2v) is 2.39. The van der Waals surface area contributed by atoms with Crippen LogP contribution in [0.15, 0.2) is 0 Å². The molecule has 13 heavy (non-hydrogen) atoms. The fourth-order valence-corrected chi connectivity index (χ4v) is 0.568.